The smallest absolute Gasteiger partial charge is 0.0733 e. The van der Waals surface area contributed by atoms with Gasteiger partial charge in [-0.05, 0) is 80.8 Å². The van der Waals surface area contributed by atoms with Crippen LogP contribution in [-0.2, 0) is 6.42 Å². The first-order chi connectivity index (χ1) is 17.7. The molecule has 190 valence electrons. The summed E-state index contributed by atoms with van der Waals surface area (Å²) in [6.45, 7) is 12.6. The standard InChI is InChI=1S/C30H36N4.C2H6/c1-20-27-19-34(18-25(27)13-15-32-20)30-17-28(23-7-5-21(6-8-23)4-3-14-31-2)33-29-16-24(22-9-10-22)11-12-26(29)30;1-2/h5-8,11-12,16-17,22,25,27,31-32H,1,3-4,9-10,13-15,18-19H2,2H3;1-2H3. The number of aryl methyl sites for hydroxylation is 1. The van der Waals surface area contributed by atoms with Gasteiger partial charge in [0.25, 0.3) is 0 Å². The molecule has 3 aliphatic rings. The zero-order valence-electron chi connectivity index (χ0n) is 22.3. The van der Waals surface area contributed by atoms with Crippen molar-refractivity contribution >= 4 is 16.6 Å². The summed E-state index contributed by atoms with van der Waals surface area (Å²) >= 11 is 0. The monoisotopic (exact) mass is 482 g/mol. The second-order valence-electron chi connectivity index (χ2n) is 10.5. The van der Waals surface area contributed by atoms with Crippen LogP contribution in [0, 0.1) is 11.8 Å². The van der Waals surface area contributed by atoms with Crippen molar-refractivity contribution in [3.63, 3.8) is 0 Å². The lowest BCUT2D eigenvalue weighted by atomic mass is 9.87. The van der Waals surface area contributed by atoms with Gasteiger partial charge in [-0.2, -0.15) is 0 Å². The van der Waals surface area contributed by atoms with E-state index in [1.54, 1.807) is 0 Å². The fourth-order valence-electron chi connectivity index (χ4n) is 5.92. The van der Waals surface area contributed by atoms with Gasteiger partial charge in [0.1, 0.15) is 0 Å². The van der Waals surface area contributed by atoms with Gasteiger partial charge < -0.3 is 15.5 Å². The Bertz CT molecular complexity index is 1190. The van der Waals surface area contributed by atoms with E-state index in [0.29, 0.717) is 11.8 Å². The van der Waals surface area contributed by atoms with Gasteiger partial charge in [0.2, 0.25) is 0 Å². The number of benzene rings is 2. The van der Waals surface area contributed by atoms with Crippen LogP contribution >= 0.6 is 0 Å². The summed E-state index contributed by atoms with van der Waals surface area (Å²) in [7, 11) is 2.02. The molecule has 0 radical (unpaired) electrons. The highest BCUT2D eigenvalue weighted by molar-refractivity contribution is 5.95. The summed E-state index contributed by atoms with van der Waals surface area (Å²) < 4.78 is 0. The minimum atomic E-state index is 0.544. The quantitative estimate of drug-likeness (QED) is 0.376. The molecule has 2 atom stereocenters. The number of fused-ring (bicyclic) bond motifs is 2. The van der Waals surface area contributed by atoms with Gasteiger partial charge >= 0.3 is 0 Å². The van der Waals surface area contributed by atoms with Crippen molar-refractivity contribution < 1.29 is 0 Å². The Balaban J connectivity index is 0.00000130. The van der Waals surface area contributed by atoms with Crippen molar-refractivity contribution in [1.82, 2.24) is 15.6 Å². The maximum absolute atomic E-state index is 5.19. The third-order valence-corrected chi connectivity index (χ3v) is 8.10. The van der Waals surface area contributed by atoms with Gasteiger partial charge in [-0.3, -0.25) is 0 Å². The zero-order valence-corrected chi connectivity index (χ0v) is 22.3. The van der Waals surface area contributed by atoms with E-state index in [1.165, 1.54) is 52.7 Å². The molecule has 2 unspecified atom stereocenters. The topological polar surface area (TPSA) is 40.2 Å². The Morgan fingerprint density at radius 2 is 1.83 bits per heavy atom. The molecule has 6 rings (SSSR count). The number of nitrogens with zero attached hydrogens (tertiary/aromatic N) is 2. The Hall–Kier alpha value is -2.85. The third kappa shape index (κ3) is 5.15. The Morgan fingerprint density at radius 3 is 2.56 bits per heavy atom. The normalized spacial score (nSPS) is 21.1. The largest absolute Gasteiger partial charge is 0.389 e. The highest BCUT2D eigenvalue weighted by Crippen LogP contribution is 2.43. The van der Waals surface area contributed by atoms with Gasteiger partial charge in [0, 0.05) is 47.9 Å². The molecule has 36 heavy (non-hydrogen) atoms. The summed E-state index contributed by atoms with van der Waals surface area (Å²) in [4.78, 5) is 7.79. The first kappa shape index (κ1) is 24.8. The minimum Gasteiger partial charge on any atom is -0.389 e. The van der Waals surface area contributed by atoms with Crippen LogP contribution in [0.3, 0.4) is 0 Å². The maximum Gasteiger partial charge on any atom is 0.0733 e. The Morgan fingerprint density at radius 1 is 1.03 bits per heavy atom. The fraction of sp³-hybridized carbons (Fsp3) is 0.469. The van der Waals surface area contributed by atoms with Crippen LogP contribution in [0.25, 0.3) is 22.2 Å². The second-order valence-corrected chi connectivity index (χ2v) is 10.5. The second kappa shape index (κ2) is 11.0. The van der Waals surface area contributed by atoms with Gasteiger partial charge in [-0.25, -0.2) is 4.98 Å². The molecule has 0 bridgehead atoms. The SMILES string of the molecule is C=C1NCCC2CN(c3cc(-c4ccc(CCCNC)cc4)nc4cc(C5CC5)ccc34)CC12.CC. The van der Waals surface area contributed by atoms with E-state index in [1.807, 2.05) is 20.9 Å². The zero-order chi connectivity index (χ0) is 25.1. The van der Waals surface area contributed by atoms with Crippen molar-refractivity contribution in [2.75, 3.05) is 38.1 Å². The number of hydrogen-bond acceptors (Lipinski definition) is 4. The van der Waals surface area contributed by atoms with E-state index >= 15 is 0 Å². The van der Waals surface area contributed by atoms with Crippen molar-refractivity contribution in [1.29, 1.82) is 0 Å². The van der Waals surface area contributed by atoms with Crippen molar-refractivity contribution in [3.8, 4) is 11.3 Å². The average molecular weight is 483 g/mol. The predicted octanol–water partition coefficient (Wildman–Crippen LogP) is 6.52. The Kier molecular flexibility index (Phi) is 7.62. The lowest BCUT2D eigenvalue weighted by Gasteiger charge is -2.27. The molecule has 1 aromatic heterocycles. The number of hydrogen-bond donors (Lipinski definition) is 2. The molecule has 0 spiro atoms. The van der Waals surface area contributed by atoms with Crippen LogP contribution < -0.4 is 15.5 Å². The molecular weight excluding hydrogens is 440 g/mol. The molecular formula is C32H42N4. The van der Waals surface area contributed by atoms with Gasteiger partial charge in [0.05, 0.1) is 11.2 Å². The highest BCUT2D eigenvalue weighted by atomic mass is 15.2. The molecule has 3 heterocycles. The van der Waals surface area contributed by atoms with Crippen LogP contribution in [0.1, 0.15) is 56.6 Å². The number of nitrogens with one attached hydrogen (secondary N) is 2. The molecule has 2 aromatic carbocycles. The third-order valence-electron chi connectivity index (χ3n) is 8.10. The first-order valence-electron chi connectivity index (χ1n) is 14.1. The lowest BCUT2D eigenvalue weighted by molar-refractivity contribution is 0.372. The van der Waals surface area contributed by atoms with Crippen molar-refractivity contribution in [2.24, 2.45) is 11.8 Å². The van der Waals surface area contributed by atoms with E-state index in [0.717, 1.165) is 56.1 Å². The maximum atomic E-state index is 5.19. The molecule has 4 heteroatoms. The van der Waals surface area contributed by atoms with Crippen molar-refractivity contribution in [3.05, 3.63) is 71.9 Å². The first-order valence-corrected chi connectivity index (χ1v) is 14.1. The molecule has 4 nitrogen and oxygen atoms in total. The predicted molar refractivity (Wildman–Crippen MR) is 154 cm³/mol. The lowest BCUT2D eigenvalue weighted by Crippen LogP contribution is -2.33. The minimum absolute atomic E-state index is 0.544. The molecule has 2 N–H and O–H groups in total. The van der Waals surface area contributed by atoms with E-state index in [9.17, 15) is 0 Å². The summed E-state index contributed by atoms with van der Waals surface area (Å²) in [6.07, 6.45) is 6.14. The van der Waals surface area contributed by atoms with Crippen LogP contribution in [0.2, 0.25) is 0 Å². The highest BCUT2D eigenvalue weighted by Gasteiger charge is 2.37. The molecule has 1 saturated carbocycles. The summed E-state index contributed by atoms with van der Waals surface area (Å²) in [5.74, 6) is 1.98. The van der Waals surface area contributed by atoms with E-state index in [4.69, 9.17) is 4.98 Å². The fourth-order valence-corrected chi connectivity index (χ4v) is 5.92. The van der Waals surface area contributed by atoms with Crippen LogP contribution in [0.4, 0.5) is 5.69 Å². The van der Waals surface area contributed by atoms with Crippen LogP contribution in [0.5, 0.6) is 0 Å². The summed E-state index contributed by atoms with van der Waals surface area (Å²) in [5.41, 5.74) is 8.84. The molecule has 2 aliphatic heterocycles. The van der Waals surface area contributed by atoms with Gasteiger partial charge in [-0.15, -0.1) is 0 Å². The average Bonchev–Trinajstić information content (AvgIpc) is 3.68. The van der Waals surface area contributed by atoms with Crippen LogP contribution in [-0.4, -0.2) is 38.2 Å². The molecule has 0 amide bonds. The van der Waals surface area contributed by atoms with E-state index in [-0.39, 0.29) is 0 Å². The van der Waals surface area contributed by atoms with E-state index < -0.39 is 0 Å². The number of pyridine rings is 1. The number of piperidine rings is 1. The van der Waals surface area contributed by atoms with Gasteiger partial charge in [0.15, 0.2) is 0 Å². The van der Waals surface area contributed by atoms with Gasteiger partial charge in [-0.1, -0.05) is 56.8 Å². The molecule has 3 fully saturated rings. The molecule has 1 aliphatic carbocycles. The number of anilines is 1. The summed E-state index contributed by atoms with van der Waals surface area (Å²) in [6, 6.07) is 18.4. The number of aromatic nitrogens is 1. The van der Waals surface area contributed by atoms with E-state index in [2.05, 4.69) is 70.6 Å². The molecule has 3 aromatic rings. The Labute approximate surface area is 217 Å². The summed E-state index contributed by atoms with van der Waals surface area (Å²) in [5, 5.41) is 8.04. The van der Waals surface area contributed by atoms with Crippen molar-refractivity contribution in [2.45, 2.75) is 51.9 Å². The number of rotatable bonds is 7. The molecule has 2 saturated heterocycles. The van der Waals surface area contributed by atoms with Crippen LogP contribution in [0.15, 0.2) is 60.8 Å².